The molecular weight excluding hydrogens is 178 g/mol. The smallest absolute Gasteiger partial charge is 0.331 e. The van der Waals surface area contributed by atoms with E-state index in [0.29, 0.717) is 0 Å². The third-order valence-electron chi connectivity index (χ3n) is 2.48. The molecule has 82 valence electrons. The molecule has 14 heavy (non-hydrogen) atoms. The lowest BCUT2D eigenvalue weighted by Gasteiger charge is -2.37. The largest absolute Gasteiger partial charge is 0.441 e. The van der Waals surface area contributed by atoms with Crippen molar-refractivity contribution >= 4 is 5.97 Å². The summed E-state index contributed by atoms with van der Waals surface area (Å²) in [6.45, 7) is 10.3. The zero-order chi connectivity index (χ0) is 11.2. The molecule has 0 bridgehead atoms. The van der Waals surface area contributed by atoms with Gasteiger partial charge in [0.15, 0.2) is 5.72 Å². The molecule has 1 unspecified atom stereocenters. The van der Waals surface area contributed by atoms with Crippen molar-refractivity contribution in [1.82, 2.24) is 4.90 Å². The average Bonchev–Trinajstić information content (AvgIpc) is 2.16. The first-order valence-electron chi connectivity index (χ1n) is 5.06. The van der Waals surface area contributed by atoms with Gasteiger partial charge in [0.25, 0.3) is 0 Å². The van der Waals surface area contributed by atoms with E-state index in [0.717, 1.165) is 19.4 Å². The molecule has 0 aliphatic carbocycles. The Morgan fingerprint density at radius 2 is 2.14 bits per heavy atom. The number of esters is 1. The van der Waals surface area contributed by atoms with E-state index in [1.54, 1.807) is 0 Å². The molecule has 1 atom stereocenters. The van der Waals surface area contributed by atoms with Gasteiger partial charge in [0, 0.05) is 12.5 Å². The number of nitrogens with zero attached hydrogens (tertiary/aromatic N) is 1. The fourth-order valence-electron chi connectivity index (χ4n) is 1.38. The first kappa shape index (κ1) is 13.2. The van der Waals surface area contributed by atoms with Gasteiger partial charge in [0.2, 0.25) is 0 Å². The van der Waals surface area contributed by atoms with Crippen LogP contribution in [0.5, 0.6) is 0 Å². The summed E-state index contributed by atoms with van der Waals surface area (Å²) in [6, 6.07) is 0. The third kappa shape index (κ3) is 3.50. The summed E-state index contributed by atoms with van der Waals surface area (Å²) >= 11 is 0. The molecule has 0 rings (SSSR count). The minimum atomic E-state index is -0.505. The highest BCUT2D eigenvalue weighted by molar-refractivity contribution is 5.81. The summed E-state index contributed by atoms with van der Waals surface area (Å²) in [5.41, 5.74) is -0.505. The molecule has 0 aromatic heterocycles. The van der Waals surface area contributed by atoms with Crippen molar-refractivity contribution in [3.63, 3.8) is 0 Å². The van der Waals surface area contributed by atoms with Gasteiger partial charge < -0.3 is 4.74 Å². The van der Waals surface area contributed by atoms with E-state index in [1.165, 1.54) is 6.08 Å². The lowest BCUT2D eigenvalue weighted by molar-refractivity contribution is -0.173. The van der Waals surface area contributed by atoms with Crippen LogP contribution in [0.4, 0.5) is 0 Å². The summed E-state index contributed by atoms with van der Waals surface area (Å²) in [5, 5.41) is 0. The van der Waals surface area contributed by atoms with Crippen molar-refractivity contribution in [2.75, 3.05) is 13.6 Å². The fraction of sp³-hybridized carbons (Fsp3) is 0.727. The zero-order valence-electron chi connectivity index (χ0n) is 9.67. The van der Waals surface area contributed by atoms with Crippen LogP contribution in [0.2, 0.25) is 0 Å². The molecule has 0 fully saturated rings. The van der Waals surface area contributed by atoms with Crippen molar-refractivity contribution in [3.8, 4) is 0 Å². The normalized spacial score (nSPS) is 14.9. The highest BCUT2D eigenvalue weighted by Gasteiger charge is 2.30. The molecule has 0 aliphatic heterocycles. The van der Waals surface area contributed by atoms with E-state index in [2.05, 4.69) is 13.5 Å². The van der Waals surface area contributed by atoms with Crippen molar-refractivity contribution in [2.45, 2.75) is 39.3 Å². The van der Waals surface area contributed by atoms with Gasteiger partial charge in [-0.05, 0) is 20.5 Å². The zero-order valence-corrected chi connectivity index (χ0v) is 9.67. The highest BCUT2D eigenvalue weighted by atomic mass is 16.6. The van der Waals surface area contributed by atoms with E-state index in [1.807, 2.05) is 25.8 Å². The Balaban J connectivity index is 4.52. The molecule has 0 aliphatic rings. The second-order valence-corrected chi connectivity index (χ2v) is 3.56. The van der Waals surface area contributed by atoms with E-state index in [9.17, 15) is 4.79 Å². The molecule has 3 nitrogen and oxygen atoms in total. The molecule has 0 amide bonds. The van der Waals surface area contributed by atoms with Crippen LogP contribution in [-0.4, -0.2) is 30.2 Å². The van der Waals surface area contributed by atoms with Crippen LogP contribution in [-0.2, 0) is 9.53 Å². The Labute approximate surface area is 86.7 Å². The SMILES string of the molecule is C=CC(=O)OC(C)(CCC)N(C)CC. The van der Waals surface area contributed by atoms with Gasteiger partial charge >= 0.3 is 5.97 Å². The van der Waals surface area contributed by atoms with Crippen LogP contribution in [0.15, 0.2) is 12.7 Å². The summed E-state index contributed by atoms with van der Waals surface area (Å²) in [4.78, 5) is 13.2. The second-order valence-electron chi connectivity index (χ2n) is 3.56. The maximum Gasteiger partial charge on any atom is 0.331 e. The molecule has 0 aromatic rings. The third-order valence-corrected chi connectivity index (χ3v) is 2.48. The van der Waals surface area contributed by atoms with E-state index >= 15 is 0 Å². The summed E-state index contributed by atoms with van der Waals surface area (Å²) in [5.74, 6) is -0.360. The number of carbonyl (C=O) groups excluding carboxylic acids is 1. The Morgan fingerprint density at radius 3 is 2.50 bits per heavy atom. The minimum absolute atomic E-state index is 0.360. The van der Waals surface area contributed by atoms with Crippen molar-refractivity contribution in [1.29, 1.82) is 0 Å². The topological polar surface area (TPSA) is 29.5 Å². The molecule has 0 heterocycles. The quantitative estimate of drug-likeness (QED) is 0.373. The highest BCUT2D eigenvalue weighted by Crippen LogP contribution is 2.21. The predicted octanol–water partition coefficient (Wildman–Crippen LogP) is 2.18. The Hall–Kier alpha value is -0.830. The molecule has 0 saturated heterocycles. The summed E-state index contributed by atoms with van der Waals surface area (Å²) in [6.07, 6.45) is 3.01. The van der Waals surface area contributed by atoms with Gasteiger partial charge in [-0.25, -0.2) is 4.79 Å². The van der Waals surface area contributed by atoms with Gasteiger partial charge in [-0.3, -0.25) is 4.90 Å². The first-order valence-corrected chi connectivity index (χ1v) is 5.06. The summed E-state index contributed by atoms with van der Waals surface area (Å²) < 4.78 is 5.35. The van der Waals surface area contributed by atoms with Crippen LogP contribution in [0.25, 0.3) is 0 Å². The van der Waals surface area contributed by atoms with Gasteiger partial charge in [0.05, 0.1) is 0 Å². The Morgan fingerprint density at radius 1 is 1.57 bits per heavy atom. The van der Waals surface area contributed by atoms with Crippen LogP contribution in [0, 0.1) is 0 Å². The van der Waals surface area contributed by atoms with E-state index in [-0.39, 0.29) is 5.97 Å². The molecule has 0 spiro atoms. The molecule has 0 aromatic carbocycles. The Bertz CT molecular complexity index is 203. The molecule has 0 saturated carbocycles. The van der Waals surface area contributed by atoms with Crippen LogP contribution in [0.3, 0.4) is 0 Å². The second kappa shape index (κ2) is 5.81. The molecular formula is C11H21NO2. The number of hydrogen-bond acceptors (Lipinski definition) is 3. The van der Waals surface area contributed by atoms with Gasteiger partial charge in [-0.1, -0.05) is 26.8 Å². The maximum absolute atomic E-state index is 11.2. The van der Waals surface area contributed by atoms with Crippen LogP contribution >= 0.6 is 0 Å². The monoisotopic (exact) mass is 199 g/mol. The van der Waals surface area contributed by atoms with Crippen molar-refractivity contribution in [2.24, 2.45) is 0 Å². The van der Waals surface area contributed by atoms with E-state index in [4.69, 9.17) is 4.74 Å². The van der Waals surface area contributed by atoms with Gasteiger partial charge in [-0.2, -0.15) is 0 Å². The Kier molecular flexibility index (Phi) is 5.46. The lowest BCUT2D eigenvalue weighted by Crippen LogP contribution is -2.47. The standard InChI is InChI=1S/C11H21NO2/c1-6-9-11(4,12(5)8-3)14-10(13)7-2/h7H,2,6,8-9H2,1,3-5H3. The number of rotatable bonds is 6. The lowest BCUT2D eigenvalue weighted by atomic mass is 10.1. The summed E-state index contributed by atoms with van der Waals surface area (Å²) in [7, 11) is 1.95. The van der Waals surface area contributed by atoms with Crippen molar-refractivity contribution < 1.29 is 9.53 Å². The van der Waals surface area contributed by atoms with Crippen LogP contribution < -0.4 is 0 Å². The predicted molar refractivity (Wildman–Crippen MR) is 57.9 cm³/mol. The fourth-order valence-corrected chi connectivity index (χ4v) is 1.38. The maximum atomic E-state index is 11.2. The first-order chi connectivity index (χ1) is 6.50. The molecule has 3 heteroatoms. The van der Waals surface area contributed by atoms with Gasteiger partial charge in [0.1, 0.15) is 0 Å². The molecule has 0 N–H and O–H groups in total. The number of carbonyl (C=O) groups is 1. The van der Waals surface area contributed by atoms with Crippen LogP contribution in [0.1, 0.15) is 33.6 Å². The van der Waals surface area contributed by atoms with Gasteiger partial charge in [-0.15, -0.1) is 0 Å². The van der Waals surface area contributed by atoms with Crippen molar-refractivity contribution in [3.05, 3.63) is 12.7 Å². The van der Waals surface area contributed by atoms with E-state index < -0.39 is 5.72 Å². The minimum Gasteiger partial charge on any atom is -0.441 e. The average molecular weight is 199 g/mol. The number of hydrogen-bond donors (Lipinski definition) is 0. The number of ether oxygens (including phenoxy) is 1. The molecule has 0 radical (unpaired) electrons.